The standard InChI is InChI=1S/C17H27NO3/c1-7-18-17(5,16(19)20-6)8-9-21-15-13(3)10-12(2)11-14(15)4/h10-11,18H,7-9H2,1-6H3. The highest BCUT2D eigenvalue weighted by molar-refractivity contribution is 5.80. The summed E-state index contributed by atoms with van der Waals surface area (Å²) < 4.78 is 10.8. The van der Waals surface area contributed by atoms with Gasteiger partial charge in [0.2, 0.25) is 0 Å². The van der Waals surface area contributed by atoms with E-state index in [9.17, 15) is 4.79 Å². The van der Waals surface area contributed by atoms with Crippen LogP contribution in [0.3, 0.4) is 0 Å². The predicted molar refractivity (Wildman–Crippen MR) is 84.9 cm³/mol. The molecule has 0 radical (unpaired) electrons. The maximum atomic E-state index is 11.9. The highest BCUT2D eigenvalue weighted by Crippen LogP contribution is 2.25. The Balaban J connectivity index is 2.73. The summed E-state index contributed by atoms with van der Waals surface area (Å²) >= 11 is 0. The Morgan fingerprint density at radius 1 is 1.24 bits per heavy atom. The molecular formula is C17H27NO3. The van der Waals surface area contributed by atoms with E-state index in [1.165, 1.54) is 12.7 Å². The molecule has 0 bridgehead atoms. The molecule has 1 aromatic rings. The van der Waals surface area contributed by atoms with E-state index in [0.717, 1.165) is 16.9 Å². The van der Waals surface area contributed by atoms with Gasteiger partial charge in [0.1, 0.15) is 11.3 Å². The maximum Gasteiger partial charge on any atom is 0.325 e. The molecule has 0 aliphatic carbocycles. The summed E-state index contributed by atoms with van der Waals surface area (Å²) in [5.74, 6) is 0.648. The van der Waals surface area contributed by atoms with Gasteiger partial charge in [-0.1, -0.05) is 24.6 Å². The van der Waals surface area contributed by atoms with E-state index in [4.69, 9.17) is 9.47 Å². The third kappa shape index (κ3) is 4.46. The van der Waals surface area contributed by atoms with Crippen LogP contribution in [-0.2, 0) is 9.53 Å². The smallest absolute Gasteiger partial charge is 0.325 e. The lowest BCUT2D eigenvalue weighted by atomic mass is 9.98. The third-order valence-electron chi connectivity index (χ3n) is 3.66. The molecule has 4 heteroatoms. The van der Waals surface area contributed by atoms with Gasteiger partial charge in [0.25, 0.3) is 0 Å². The number of esters is 1. The van der Waals surface area contributed by atoms with Crippen molar-refractivity contribution in [2.45, 2.75) is 46.6 Å². The molecule has 0 aromatic heterocycles. The Morgan fingerprint density at radius 3 is 2.29 bits per heavy atom. The molecule has 4 nitrogen and oxygen atoms in total. The van der Waals surface area contributed by atoms with Crippen LogP contribution in [0.25, 0.3) is 0 Å². The Labute approximate surface area is 127 Å². The number of likely N-dealkylation sites (N-methyl/N-ethyl adjacent to an activating group) is 1. The zero-order valence-corrected chi connectivity index (χ0v) is 14.0. The first-order chi connectivity index (χ1) is 9.84. The molecule has 118 valence electrons. The van der Waals surface area contributed by atoms with E-state index in [2.05, 4.69) is 24.4 Å². The summed E-state index contributed by atoms with van der Waals surface area (Å²) in [5.41, 5.74) is 2.76. The van der Waals surface area contributed by atoms with Crippen LogP contribution >= 0.6 is 0 Å². The van der Waals surface area contributed by atoms with Crippen molar-refractivity contribution >= 4 is 5.97 Å². The number of methoxy groups -OCH3 is 1. The molecule has 1 N–H and O–H groups in total. The van der Waals surface area contributed by atoms with Crippen LogP contribution in [0.5, 0.6) is 5.75 Å². The number of nitrogens with one attached hydrogen (secondary N) is 1. The lowest BCUT2D eigenvalue weighted by Gasteiger charge is -2.27. The normalized spacial score (nSPS) is 13.6. The lowest BCUT2D eigenvalue weighted by molar-refractivity contribution is -0.148. The second-order valence-electron chi connectivity index (χ2n) is 5.68. The molecule has 0 aliphatic rings. The molecule has 0 saturated carbocycles. The fraction of sp³-hybridized carbons (Fsp3) is 0.588. The first kappa shape index (κ1) is 17.5. The summed E-state index contributed by atoms with van der Waals surface area (Å²) in [6, 6.07) is 4.21. The summed E-state index contributed by atoms with van der Waals surface area (Å²) in [6.07, 6.45) is 0.556. The second-order valence-corrected chi connectivity index (χ2v) is 5.68. The van der Waals surface area contributed by atoms with E-state index < -0.39 is 5.54 Å². The number of hydrogen-bond donors (Lipinski definition) is 1. The average molecular weight is 293 g/mol. The SMILES string of the molecule is CCNC(C)(CCOc1c(C)cc(C)cc1C)C(=O)OC. The number of carbonyl (C=O) groups is 1. The van der Waals surface area contributed by atoms with Gasteiger partial charge in [0, 0.05) is 6.42 Å². The zero-order valence-electron chi connectivity index (χ0n) is 14.0. The molecule has 21 heavy (non-hydrogen) atoms. The minimum atomic E-state index is -0.712. The molecule has 0 aliphatic heterocycles. The first-order valence-electron chi connectivity index (χ1n) is 7.38. The minimum absolute atomic E-state index is 0.259. The average Bonchev–Trinajstić information content (AvgIpc) is 2.41. The van der Waals surface area contributed by atoms with Gasteiger partial charge in [0.05, 0.1) is 13.7 Å². The lowest BCUT2D eigenvalue weighted by Crippen LogP contribution is -2.51. The molecule has 1 unspecified atom stereocenters. The second kappa shape index (κ2) is 7.46. The third-order valence-corrected chi connectivity index (χ3v) is 3.66. The van der Waals surface area contributed by atoms with E-state index in [1.54, 1.807) is 0 Å². The van der Waals surface area contributed by atoms with Gasteiger partial charge >= 0.3 is 5.97 Å². The van der Waals surface area contributed by atoms with Crippen LogP contribution in [0.4, 0.5) is 0 Å². The van der Waals surface area contributed by atoms with Gasteiger partial charge in [-0.2, -0.15) is 0 Å². The fourth-order valence-corrected chi connectivity index (χ4v) is 2.63. The highest BCUT2D eigenvalue weighted by atomic mass is 16.5. The maximum absolute atomic E-state index is 11.9. The van der Waals surface area contributed by atoms with Crippen molar-refractivity contribution < 1.29 is 14.3 Å². The van der Waals surface area contributed by atoms with Crippen molar-refractivity contribution in [2.75, 3.05) is 20.3 Å². The molecule has 0 fully saturated rings. The van der Waals surface area contributed by atoms with Gasteiger partial charge in [-0.05, 0) is 45.4 Å². The fourth-order valence-electron chi connectivity index (χ4n) is 2.63. The van der Waals surface area contributed by atoms with Crippen molar-refractivity contribution in [1.82, 2.24) is 5.32 Å². The number of aryl methyl sites for hydroxylation is 3. The Morgan fingerprint density at radius 2 is 1.81 bits per heavy atom. The molecule has 0 saturated heterocycles. The van der Waals surface area contributed by atoms with E-state index in [1.807, 2.05) is 27.7 Å². The molecule has 0 heterocycles. The Hall–Kier alpha value is -1.55. The number of carbonyl (C=O) groups excluding carboxylic acids is 1. The largest absolute Gasteiger partial charge is 0.493 e. The first-order valence-corrected chi connectivity index (χ1v) is 7.38. The monoisotopic (exact) mass is 293 g/mol. The number of ether oxygens (including phenoxy) is 2. The van der Waals surface area contributed by atoms with Gasteiger partial charge < -0.3 is 14.8 Å². The van der Waals surface area contributed by atoms with Crippen LogP contribution in [-0.4, -0.2) is 31.8 Å². The molecule has 1 rings (SSSR count). The van der Waals surface area contributed by atoms with Crippen LogP contribution in [0, 0.1) is 20.8 Å². The molecule has 0 amide bonds. The minimum Gasteiger partial charge on any atom is -0.493 e. The molecular weight excluding hydrogens is 266 g/mol. The summed E-state index contributed by atoms with van der Waals surface area (Å²) in [6.45, 7) is 11.1. The van der Waals surface area contributed by atoms with Crippen LogP contribution in [0.2, 0.25) is 0 Å². The van der Waals surface area contributed by atoms with Crippen LogP contribution < -0.4 is 10.1 Å². The van der Waals surface area contributed by atoms with Gasteiger partial charge in [-0.25, -0.2) is 0 Å². The summed E-state index contributed by atoms with van der Waals surface area (Å²) in [5, 5.41) is 3.18. The predicted octanol–water partition coefficient (Wildman–Crippen LogP) is 2.92. The summed E-state index contributed by atoms with van der Waals surface area (Å²) in [7, 11) is 1.41. The Bertz CT molecular complexity index is 476. The molecule has 1 atom stereocenters. The number of rotatable bonds is 7. The molecule has 1 aromatic carbocycles. The topological polar surface area (TPSA) is 47.6 Å². The van der Waals surface area contributed by atoms with Crippen molar-refractivity contribution in [3.8, 4) is 5.75 Å². The zero-order chi connectivity index (χ0) is 16.0. The highest BCUT2D eigenvalue weighted by Gasteiger charge is 2.33. The van der Waals surface area contributed by atoms with Gasteiger partial charge in [-0.15, -0.1) is 0 Å². The van der Waals surface area contributed by atoms with Crippen LogP contribution in [0.1, 0.15) is 37.0 Å². The molecule has 0 spiro atoms. The van der Waals surface area contributed by atoms with E-state index >= 15 is 0 Å². The Kier molecular flexibility index (Phi) is 6.21. The van der Waals surface area contributed by atoms with Crippen molar-refractivity contribution in [3.05, 3.63) is 28.8 Å². The summed E-state index contributed by atoms with van der Waals surface area (Å²) in [4.78, 5) is 11.9. The van der Waals surface area contributed by atoms with E-state index in [0.29, 0.717) is 19.6 Å². The van der Waals surface area contributed by atoms with Gasteiger partial charge in [-0.3, -0.25) is 4.79 Å². The van der Waals surface area contributed by atoms with Crippen molar-refractivity contribution in [1.29, 1.82) is 0 Å². The quantitative estimate of drug-likeness (QED) is 0.785. The van der Waals surface area contributed by atoms with E-state index in [-0.39, 0.29) is 5.97 Å². The van der Waals surface area contributed by atoms with Crippen molar-refractivity contribution in [2.24, 2.45) is 0 Å². The van der Waals surface area contributed by atoms with Crippen LogP contribution in [0.15, 0.2) is 12.1 Å². The van der Waals surface area contributed by atoms with Gasteiger partial charge in [0.15, 0.2) is 0 Å². The number of hydrogen-bond acceptors (Lipinski definition) is 4. The van der Waals surface area contributed by atoms with Crippen molar-refractivity contribution in [3.63, 3.8) is 0 Å². The number of benzene rings is 1.